The van der Waals surface area contributed by atoms with Gasteiger partial charge in [0.25, 0.3) is 0 Å². The molecule has 0 spiro atoms. The molecular formula is C7H14O3. The summed E-state index contributed by atoms with van der Waals surface area (Å²) in [5.41, 5.74) is 0. The number of carbonyl (C=O) groups excluding carboxylic acids is 1. The van der Waals surface area contributed by atoms with E-state index in [1.54, 1.807) is 6.92 Å². The van der Waals surface area contributed by atoms with Crippen molar-refractivity contribution in [1.29, 1.82) is 0 Å². The van der Waals surface area contributed by atoms with Gasteiger partial charge < -0.3 is 14.6 Å². The van der Waals surface area contributed by atoms with Crippen molar-refractivity contribution in [2.45, 2.75) is 32.5 Å². The second-order valence-corrected chi connectivity index (χ2v) is 2.21. The number of hydrogen-bond acceptors (Lipinski definition) is 3. The monoisotopic (exact) mass is 146 g/mol. The van der Waals surface area contributed by atoms with Crippen LogP contribution >= 0.6 is 0 Å². The summed E-state index contributed by atoms with van der Waals surface area (Å²) >= 11 is 0. The van der Waals surface area contributed by atoms with Gasteiger partial charge in [-0.1, -0.05) is 0 Å². The highest BCUT2D eigenvalue weighted by molar-refractivity contribution is 5.55. The molecule has 2 atom stereocenters. The smallest absolute Gasteiger partial charge is 0.148 e. The van der Waals surface area contributed by atoms with Crippen LogP contribution in [0.2, 0.25) is 0 Å². The van der Waals surface area contributed by atoms with Crippen LogP contribution in [0.3, 0.4) is 0 Å². The molecule has 3 heteroatoms. The molecule has 0 heterocycles. The Labute approximate surface area is 61.0 Å². The van der Waals surface area contributed by atoms with Crippen molar-refractivity contribution in [3.8, 4) is 0 Å². The van der Waals surface area contributed by atoms with E-state index >= 15 is 0 Å². The molecule has 60 valence electrons. The van der Waals surface area contributed by atoms with Crippen LogP contribution in [-0.4, -0.2) is 30.2 Å². The number of ether oxygens (including phenoxy) is 1. The number of carbonyl (C=O) groups is 1. The van der Waals surface area contributed by atoms with Gasteiger partial charge in [-0.3, -0.25) is 0 Å². The molecule has 0 aliphatic heterocycles. The Kier molecular flexibility index (Phi) is 5.16. The van der Waals surface area contributed by atoms with Gasteiger partial charge in [-0.15, -0.1) is 0 Å². The molecule has 0 rings (SSSR count). The zero-order chi connectivity index (χ0) is 7.98. The van der Waals surface area contributed by atoms with Gasteiger partial charge in [0.05, 0.1) is 6.10 Å². The van der Waals surface area contributed by atoms with Crippen molar-refractivity contribution < 1.29 is 14.6 Å². The fourth-order valence-corrected chi connectivity index (χ4v) is 0.713. The molecule has 0 aromatic rings. The molecule has 0 amide bonds. The van der Waals surface area contributed by atoms with Crippen molar-refractivity contribution in [1.82, 2.24) is 0 Å². The SMILES string of the molecule is CCOC(C=O)CC(C)O. The van der Waals surface area contributed by atoms with Crippen LogP contribution in [0.1, 0.15) is 20.3 Å². The Hall–Kier alpha value is -0.410. The van der Waals surface area contributed by atoms with E-state index in [9.17, 15) is 4.79 Å². The number of aliphatic hydroxyl groups excluding tert-OH is 1. The van der Waals surface area contributed by atoms with E-state index < -0.39 is 12.2 Å². The molecule has 3 nitrogen and oxygen atoms in total. The van der Waals surface area contributed by atoms with E-state index in [2.05, 4.69) is 0 Å². The fraction of sp³-hybridized carbons (Fsp3) is 0.857. The molecule has 1 N–H and O–H groups in total. The predicted octanol–water partition coefficient (Wildman–Crippen LogP) is 0.361. The lowest BCUT2D eigenvalue weighted by atomic mass is 10.2. The minimum atomic E-state index is -0.471. The number of aldehydes is 1. The molecule has 2 unspecified atom stereocenters. The van der Waals surface area contributed by atoms with E-state index in [1.807, 2.05) is 6.92 Å². The van der Waals surface area contributed by atoms with Gasteiger partial charge >= 0.3 is 0 Å². The molecule has 0 aromatic heterocycles. The van der Waals surface area contributed by atoms with Crippen LogP contribution in [0.15, 0.2) is 0 Å². The summed E-state index contributed by atoms with van der Waals surface area (Å²) in [6, 6.07) is 0. The minimum Gasteiger partial charge on any atom is -0.393 e. The molecule has 0 saturated heterocycles. The van der Waals surface area contributed by atoms with Crippen molar-refractivity contribution >= 4 is 6.29 Å². The molecular weight excluding hydrogens is 132 g/mol. The van der Waals surface area contributed by atoms with Crippen molar-refractivity contribution in [3.63, 3.8) is 0 Å². The zero-order valence-corrected chi connectivity index (χ0v) is 6.41. The Morgan fingerprint density at radius 3 is 2.60 bits per heavy atom. The average molecular weight is 146 g/mol. The van der Waals surface area contributed by atoms with Crippen LogP contribution in [0.25, 0.3) is 0 Å². The van der Waals surface area contributed by atoms with E-state index in [-0.39, 0.29) is 0 Å². The summed E-state index contributed by atoms with van der Waals surface area (Å²) in [6.45, 7) is 3.96. The van der Waals surface area contributed by atoms with E-state index in [0.717, 1.165) is 6.29 Å². The maximum Gasteiger partial charge on any atom is 0.148 e. The van der Waals surface area contributed by atoms with Gasteiger partial charge in [-0.25, -0.2) is 0 Å². The van der Waals surface area contributed by atoms with Crippen LogP contribution in [-0.2, 0) is 9.53 Å². The third kappa shape index (κ3) is 4.47. The molecule has 10 heavy (non-hydrogen) atoms. The Balaban J connectivity index is 3.49. The van der Waals surface area contributed by atoms with Crippen molar-refractivity contribution in [2.75, 3.05) is 6.61 Å². The van der Waals surface area contributed by atoms with E-state index in [0.29, 0.717) is 13.0 Å². The summed E-state index contributed by atoms with van der Waals surface area (Å²) < 4.78 is 4.97. The Morgan fingerprint density at radius 2 is 2.30 bits per heavy atom. The van der Waals surface area contributed by atoms with Crippen LogP contribution in [0.5, 0.6) is 0 Å². The van der Waals surface area contributed by atoms with Crippen LogP contribution in [0, 0.1) is 0 Å². The van der Waals surface area contributed by atoms with Gasteiger partial charge in [0.2, 0.25) is 0 Å². The lowest BCUT2D eigenvalue weighted by molar-refractivity contribution is -0.119. The first-order chi connectivity index (χ1) is 4.70. The third-order valence-electron chi connectivity index (χ3n) is 1.11. The largest absolute Gasteiger partial charge is 0.393 e. The first kappa shape index (κ1) is 9.59. The van der Waals surface area contributed by atoms with Crippen LogP contribution in [0.4, 0.5) is 0 Å². The predicted molar refractivity (Wildman–Crippen MR) is 37.8 cm³/mol. The molecule has 0 aliphatic carbocycles. The maximum absolute atomic E-state index is 10.2. The molecule has 0 saturated carbocycles. The summed E-state index contributed by atoms with van der Waals surface area (Å²) in [5.74, 6) is 0. The van der Waals surface area contributed by atoms with Crippen LogP contribution < -0.4 is 0 Å². The normalized spacial score (nSPS) is 16.3. The molecule has 0 fully saturated rings. The summed E-state index contributed by atoms with van der Waals surface area (Å²) in [6.07, 6.45) is 0.194. The standard InChI is InChI=1S/C7H14O3/c1-3-10-7(5-8)4-6(2)9/h5-7,9H,3-4H2,1-2H3. The molecule has 0 aliphatic rings. The summed E-state index contributed by atoms with van der Waals surface area (Å²) in [4.78, 5) is 10.2. The van der Waals surface area contributed by atoms with Gasteiger partial charge in [0.1, 0.15) is 12.4 Å². The van der Waals surface area contributed by atoms with Gasteiger partial charge in [0, 0.05) is 13.0 Å². The summed E-state index contributed by atoms with van der Waals surface area (Å²) in [7, 11) is 0. The van der Waals surface area contributed by atoms with Crippen molar-refractivity contribution in [2.24, 2.45) is 0 Å². The first-order valence-electron chi connectivity index (χ1n) is 3.45. The second-order valence-electron chi connectivity index (χ2n) is 2.21. The average Bonchev–Trinajstić information content (AvgIpc) is 1.86. The first-order valence-corrected chi connectivity index (χ1v) is 3.45. The fourth-order valence-electron chi connectivity index (χ4n) is 0.713. The topological polar surface area (TPSA) is 46.5 Å². The van der Waals surface area contributed by atoms with Gasteiger partial charge in [-0.05, 0) is 13.8 Å². The highest BCUT2D eigenvalue weighted by Crippen LogP contribution is 1.99. The highest BCUT2D eigenvalue weighted by atomic mass is 16.5. The lowest BCUT2D eigenvalue weighted by Gasteiger charge is -2.11. The van der Waals surface area contributed by atoms with Gasteiger partial charge in [-0.2, -0.15) is 0 Å². The van der Waals surface area contributed by atoms with E-state index in [4.69, 9.17) is 9.84 Å². The second kappa shape index (κ2) is 5.38. The number of hydrogen-bond donors (Lipinski definition) is 1. The highest BCUT2D eigenvalue weighted by Gasteiger charge is 2.08. The molecule has 0 aromatic carbocycles. The Bertz CT molecular complexity index is 90.9. The van der Waals surface area contributed by atoms with Crippen molar-refractivity contribution in [3.05, 3.63) is 0 Å². The van der Waals surface area contributed by atoms with Gasteiger partial charge in [0.15, 0.2) is 0 Å². The maximum atomic E-state index is 10.2. The zero-order valence-electron chi connectivity index (χ0n) is 6.41. The molecule has 0 radical (unpaired) electrons. The molecule has 0 bridgehead atoms. The number of aliphatic hydroxyl groups is 1. The Morgan fingerprint density at radius 1 is 1.70 bits per heavy atom. The minimum absolute atomic E-state index is 0.386. The third-order valence-corrected chi connectivity index (χ3v) is 1.11. The van der Waals surface area contributed by atoms with E-state index in [1.165, 1.54) is 0 Å². The quantitative estimate of drug-likeness (QED) is 0.570. The number of rotatable bonds is 5. The summed E-state index contributed by atoms with van der Waals surface area (Å²) in [5, 5.41) is 8.84. The lowest BCUT2D eigenvalue weighted by Crippen LogP contribution is -2.20.